The second-order valence-corrected chi connectivity index (χ2v) is 11.0. The van der Waals surface area contributed by atoms with Gasteiger partial charge in [0.15, 0.2) is 6.61 Å². The fourth-order valence-electron chi connectivity index (χ4n) is 4.20. The number of aliphatic carboxylic acids is 1. The number of aryl methyl sites for hydroxylation is 2. The highest BCUT2D eigenvalue weighted by atomic mass is 79.9. The lowest BCUT2D eigenvalue weighted by Crippen LogP contribution is -2.31. The van der Waals surface area contributed by atoms with E-state index in [0.717, 1.165) is 28.7 Å². The Morgan fingerprint density at radius 3 is 2.63 bits per heavy atom. The maximum Gasteiger partial charge on any atom is 0.341 e. The Hall–Kier alpha value is -2.95. The Bertz CT molecular complexity index is 1360. The van der Waals surface area contributed by atoms with E-state index in [1.165, 1.54) is 12.3 Å². The molecule has 1 aliphatic carbocycles. The number of carboxylic acids is 1. The Kier molecular flexibility index (Phi) is 7.44. The molecule has 1 unspecified atom stereocenters. The molecular weight excluding hydrogens is 536 g/mol. The van der Waals surface area contributed by atoms with Crippen LogP contribution in [0.1, 0.15) is 41.1 Å². The summed E-state index contributed by atoms with van der Waals surface area (Å²) < 4.78 is 40.9. The Morgan fingerprint density at radius 1 is 1.20 bits per heavy atom. The second-order valence-electron chi connectivity index (χ2n) is 8.46. The fourth-order valence-corrected chi connectivity index (χ4v) is 6.00. The van der Waals surface area contributed by atoms with Gasteiger partial charge in [-0.3, -0.25) is 0 Å². The number of rotatable bonds is 8. The molecule has 4 rings (SSSR count). The van der Waals surface area contributed by atoms with Crippen LogP contribution >= 0.6 is 15.9 Å². The lowest BCUT2D eigenvalue weighted by molar-refractivity contribution is -0.139. The van der Waals surface area contributed by atoms with Crippen molar-refractivity contribution in [3.05, 3.63) is 75.4 Å². The molecule has 0 fully saturated rings. The van der Waals surface area contributed by atoms with Crippen molar-refractivity contribution in [1.29, 1.82) is 0 Å². The van der Waals surface area contributed by atoms with Crippen molar-refractivity contribution in [2.24, 2.45) is 0 Å². The van der Waals surface area contributed by atoms with Gasteiger partial charge < -0.3 is 14.6 Å². The van der Waals surface area contributed by atoms with E-state index >= 15 is 0 Å². The van der Waals surface area contributed by atoms with E-state index in [1.54, 1.807) is 12.1 Å². The summed E-state index contributed by atoms with van der Waals surface area (Å²) in [7, 11) is -3.90. The normalized spacial score (nSPS) is 15.3. The smallest absolute Gasteiger partial charge is 0.341 e. The molecule has 1 heterocycles. The zero-order valence-electron chi connectivity index (χ0n) is 19.2. The Balaban J connectivity index is 1.55. The van der Waals surface area contributed by atoms with Crippen molar-refractivity contribution >= 4 is 31.9 Å². The molecule has 0 radical (unpaired) electrons. The van der Waals surface area contributed by atoms with Gasteiger partial charge in [-0.25, -0.2) is 22.9 Å². The molecule has 8 nitrogen and oxygen atoms in total. The quantitative estimate of drug-likeness (QED) is 0.395. The number of nitrogens with zero attached hydrogens (tertiary/aromatic N) is 1. The van der Waals surface area contributed by atoms with Crippen LogP contribution in [-0.2, 0) is 21.2 Å². The summed E-state index contributed by atoms with van der Waals surface area (Å²) in [4.78, 5) is 15.1. The summed E-state index contributed by atoms with van der Waals surface area (Å²) in [6.45, 7) is 3.48. The number of hydrogen-bond donors (Lipinski definition) is 2. The third-order valence-electron chi connectivity index (χ3n) is 5.62. The number of carboxylic acid groups (broad SMARTS) is 1. The van der Waals surface area contributed by atoms with Crippen molar-refractivity contribution < 1.29 is 27.8 Å². The first kappa shape index (κ1) is 25.2. The van der Waals surface area contributed by atoms with Crippen molar-refractivity contribution in [1.82, 2.24) is 9.71 Å². The second kappa shape index (κ2) is 10.3. The number of fused-ring (bicyclic) bond motifs is 1. The molecule has 1 aromatic heterocycles. The summed E-state index contributed by atoms with van der Waals surface area (Å²) >= 11 is 3.38. The number of sulfonamides is 1. The van der Waals surface area contributed by atoms with Gasteiger partial charge in [0, 0.05) is 6.04 Å². The first-order valence-corrected chi connectivity index (χ1v) is 13.3. The maximum absolute atomic E-state index is 13.2. The zero-order valence-corrected chi connectivity index (χ0v) is 21.6. The molecule has 2 N–H and O–H groups in total. The maximum atomic E-state index is 13.2. The molecule has 3 aromatic rings. The average Bonchev–Trinajstić information content (AvgIpc) is 2.78. The highest BCUT2D eigenvalue weighted by Crippen LogP contribution is 2.37. The van der Waals surface area contributed by atoms with Crippen LogP contribution in [0.15, 0.2) is 58.0 Å². The highest BCUT2D eigenvalue weighted by molar-refractivity contribution is 9.10. The van der Waals surface area contributed by atoms with E-state index in [1.807, 2.05) is 38.1 Å². The van der Waals surface area contributed by atoms with Gasteiger partial charge in [-0.05, 0) is 95.6 Å². The number of aromatic nitrogens is 1. The molecule has 35 heavy (non-hydrogen) atoms. The molecule has 2 aromatic carbocycles. The first-order chi connectivity index (χ1) is 16.6. The monoisotopic (exact) mass is 560 g/mol. The lowest BCUT2D eigenvalue weighted by atomic mass is 9.87. The van der Waals surface area contributed by atoms with E-state index in [0.29, 0.717) is 28.8 Å². The molecule has 0 amide bonds. The number of benzene rings is 2. The lowest BCUT2D eigenvalue weighted by Gasteiger charge is -2.27. The van der Waals surface area contributed by atoms with Gasteiger partial charge in [0.1, 0.15) is 16.4 Å². The summed E-state index contributed by atoms with van der Waals surface area (Å²) in [5.74, 6) is 0.270. The highest BCUT2D eigenvalue weighted by Gasteiger charge is 2.28. The predicted molar refractivity (Wildman–Crippen MR) is 134 cm³/mol. The number of halogens is 1. The SMILES string of the molecule is Cc1cc(C)cc(Oc2ncc(S(=O)(=O)NC3CCCc4c(OCC(=O)O)cccc43)cc2Br)c1. The molecule has 1 atom stereocenters. The third-order valence-corrected chi connectivity index (χ3v) is 7.62. The molecule has 0 aliphatic heterocycles. The summed E-state index contributed by atoms with van der Waals surface area (Å²) in [6, 6.07) is 12.1. The van der Waals surface area contributed by atoms with Gasteiger partial charge in [0.25, 0.3) is 0 Å². The van der Waals surface area contributed by atoms with E-state index in [-0.39, 0.29) is 10.8 Å². The van der Waals surface area contributed by atoms with E-state index < -0.39 is 28.6 Å². The number of carbonyl (C=O) groups is 1. The minimum absolute atomic E-state index is 0.00236. The van der Waals surface area contributed by atoms with Gasteiger partial charge in [0.05, 0.1) is 10.7 Å². The number of pyridine rings is 1. The molecule has 0 spiro atoms. The van der Waals surface area contributed by atoms with Gasteiger partial charge in [0.2, 0.25) is 15.9 Å². The molecule has 0 bridgehead atoms. The molecule has 184 valence electrons. The largest absolute Gasteiger partial charge is 0.482 e. The topological polar surface area (TPSA) is 115 Å². The minimum atomic E-state index is -3.90. The number of ether oxygens (including phenoxy) is 2. The Labute approximate surface area is 212 Å². The van der Waals surface area contributed by atoms with E-state index in [9.17, 15) is 13.2 Å². The van der Waals surface area contributed by atoms with E-state index in [4.69, 9.17) is 14.6 Å². The van der Waals surface area contributed by atoms with E-state index in [2.05, 4.69) is 25.6 Å². The first-order valence-electron chi connectivity index (χ1n) is 11.0. The fraction of sp³-hybridized carbons (Fsp3) is 0.280. The molecule has 0 saturated carbocycles. The summed E-state index contributed by atoms with van der Waals surface area (Å²) in [5.41, 5.74) is 3.70. The van der Waals surface area contributed by atoms with Crippen LogP contribution in [0.3, 0.4) is 0 Å². The average molecular weight is 561 g/mol. The van der Waals surface area contributed by atoms with Crippen molar-refractivity contribution in [2.45, 2.75) is 44.0 Å². The van der Waals surface area contributed by atoms with Crippen molar-refractivity contribution in [3.8, 4) is 17.4 Å². The third kappa shape index (κ3) is 6.01. The zero-order chi connectivity index (χ0) is 25.2. The van der Waals surface area contributed by atoms with Crippen LogP contribution < -0.4 is 14.2 Å². The minimum Gasteiger partial charge on any atom is -0.482 e. The van der Waals surface area contributed by atoms with Gasteiger partial charge >= 0.3 is 5.97 Å². The standard InChI is InChI=1S/C25H25BrN2O6S/c1-15-9-16(2)11-17(10-15)34-25-21(26)12-18(13-27-25)35(31,32)28-22-7-3-6-20-19(22)5-4-8-23(20)33-14-24(29)30/h4-5,8-13,22,28H,3,6-7,14H2,1-2H3,(H,29,30). The molecule has 0 saturated heterocycles. The number of nitrogens with one attached hydrogen (secondary N) is 1. The van der Waals surface area contributed by atoms with Crippen LogP contribution in [-0.4, -0.2) is 31.1 Å². The van der Waals surface area contributed by atoms with Crippen LogP contribution in [0, 0.1) is 13.8 Å². The number of hydrogen-bond acceptors (Lipinski definition) is 6. The van der Waals surface area contributed by atoms with Crippen LogP contribution in [0.5, 0.6) is 17.4 Å². The summed E-state index contributed by atoms with van der Waals surface area (Å²) in [6.07, 6.45) is 3.29. The predicted octanol–water partition coefficient (Wildman–Crippen LogP) is 5.07. The van der Waals surface area contributed by atoms with Crippen molar-refractivity contribution in [3.63, 3.8) is 0 Å². The van der Waals surface area contributed by atoms with Crippen molar-refractivity contribution in [2.75, 3.05) is 6.61 Å². The van der Waals surface area contributed by atoms with Crippen LogP contribution in [0.2, 0.25) is 0 Å². The summed E-state index contributed by atoms with van der Waals surface area (Å²) in [5, 5.41) is 8.92. The molecular formula is C25H25BrN2O6S. The molecule has 1 aliphatic rings. The van der Waals surface area contributed by atoms with Gasteiger partial charge in [-0.2, -0.15) is 0 Å². The van der Waals surface area contributed by atoms with Gasteiger partial charge in [-0.15, -0.1) is 0 Å². The van der Waals surface area contributed by atoms with Gasteiger partial charge in [-0.1, -0.05) is 18.2 Å². The Morgan fingerprint density at radius 2 is 1.94 bits per heavy atom. The van der Waals surface area contributed by atoms with Crippen LogP contribution in [0.25, 0.3) is 0 Å². The molecule has 10 heteroatoms. The van der Waals surface area contributed by atoms with Crippen LogP contribution in [0.4, 0.5) is 0 Å².